The summed E-state index contributed by atoms with van der Waals surface area (Å²) in [4.78, 5) is 16.4. The average Bonchev–Trinajstić information content (AvgIpc) is 2.76. The van der Waals surface area contributed by atoms with Crippen molar-refractivity contribution in [2.24, 2.45) is 0 Å². The van der Waals surface area contributed by atoms with Crippen molar-refractivity contribution in [3.05, 3.63) is 65.2 Å². The van der Waals surface area contributed by atoms with Crippen LogP contribution in [-0.4, -0.2) is 63.9 Å². The number of nitrogens with one attached hydrogen (secondary N) is 2. The van der Waals surface area contributed by atoms with E-state index in [0.29, 0.717) is 12.6 Å². The molecule has 0 bridgehead atoms. The van der Waals surface area contributed by atoms with Crippen LogP contribution in [-0.2, 0) is 27.9 Å². The third-order valence-electron chi connectivity index (χ3n) is 5.33. The minimum atomic E-state index is -4.03. The number of hydrogen-bond donors (Lipinski definition) is 2. The molecule has 0 saturated carbocycles. The summed E-state index contributed by atoms with van der Waals surface area (Å²) in [5.74, 6) is -2.70. The Labute approximate surface area is 187 Å². The number of carbonyl (C=O) groups excluding carboxylic acids is 1. The fourth-order valence-electron chi connectivity index (χ4n) is 3.42. The monoisotopic (exact) mass is 466 g/mol. The van der Waals surface area contributed by atoms with Gasteiger partial charge in [-0.2, -0.15) is 0 Å². The van der Waals surface area contributed by atoms with Crippen molar-refractivity contribution >= 4 is 15.9 Å². The molecule has 0 atom stereocenters. The van der Waals surface area contributed by atoms with Gasteiger partial charge in [0.1, 0.15) is 0 Å². The van der Waals surface area contributed by atoms with Gasteiger partial charge in [-0.15, -0.1) is 0 Å². The van der Waals surface area contributed by atoms with Gasteiger partial charge in [-0.3, -0.25) is 9.69 Å². The Kier molecular flexibility index (Phi) is 8.30. The molecule has 1 heterocycles. The number of halogens is 2. The summed E-state index contributed by atoms with van der Waals surface area (Å²) in [5.41, 5.74) is 2.15. The normalized spacial score (nSPS) is 15.6. The third-order valence-corrected chi connectivity index (χ3v) is 6.79. The quantitative estimate of drug-likeness (QED) is 0.588. The maximum absolute atomic E-state index is 13.3. The van der Waals surface area contributed by atoms with Gasteiger partial charge >= 0.3 is 0 Å². The van der Waals surface area contributed by atoms with Crippen molar-refractivity contribution in [1.82, 2.24) is 19.8 Å². The second-order valence-corrected chi connectivity index (χ2v) is 9.67. The van der Waals surface area contributed by atoms with Gasteiger partial charge in [0, 0.05) is 52.2 Å². The van der Waals surface area contributed by atoms with E-state index in [4.69, 9.17) is 0 Å². The zero-order valence-electron chi connectivity index (χ0n) is 18.0. The van der Waals surface area contributed by atoms with Crippen LogP contribution in [0.15, 0.2) is 47.4 Å². The highest BCUT2D eigenvalue weighted by Gasteiger charge is 2.17. The number of carbonyl (C=O) groups is 1. The lowest BCUT2D eigenvalue weighted by atomic mass is 10.1. The maximum atomic E-state index is 13.3. The zero-order chi connectivity index (χ0) is 23.1. The molecule has 1 aliphatic heterocycles. The predicted molar refractivity (Wildman–Crippen MR) is 117 cm³/mol. The molecule has 2 aromatic rings. The Balaban J connectivity index is 1.43. The number of benzene rings is 2. The van der Waals surface area contributed by atoms with E-state index in [1.165, 1.54) is 5.56 Å². The number of rotatable bonds is 9. The molecular weight excluding hydrogens is 438 g/mol. The lowest BCUT2D eigenvalue weighted by molar-refractivity contribution is -0.121. The van der Waals surface area contributed by atoms with Crippen molar-refractivity contribution in [3.63, 3.8) is 0 Å². The van der Waals surface area contributed by atoms with Gasteiger partial charge in [-0.05, 0) is 36.4 Å². The maximum Gasteiger partial charge on any atom is 0.240 e. The number of piperazine rings is 1. The Hall–Kier alpha value is -2.40. The Morgan fingerprint density at radius 3 is 2.44 bits per heavy atom. The molecule has 10 heteroatoms. The van der Waals surface area contributed by atoms with E-state index in [2.05, 4.69) is 39.0 Å². The lowest BCUT2D eigenvalue weighted by Gasteiger charge is -2.32. The van der Waals surface area contributed by atoms with Crippen LogP contribution in [0.4, 0.5) is 8.78 Å². The van der Waals surface area contributed by atoms with Crippen LogP contribution in [0.5, 0.6) is 0 Å². The number of hydrogen-bond acceptors (Lipinski definition) is 5. The number of amides is 1. The zero-order valence-corrected chi connectivity index (χ0v) is 18.8. The highest BCUT2D eigenvalue weighted by Crippen LogP contribution is 2.14. The highest BCUT2D eigenvalue weighted by molar-refractivity contribution is 7.89. The molecule has 0 radical (unpaired) electrons. The van der Waals surface area contributed by atoms with Crippen molar-refractivity contribution in [2.75, 3.05) is 39.8 Å². The van der Waals surface area contributed by atoms with Gasteiger partial charge in [0.15, 0.2) is 11.6 Å². The lowest BCUT2D eigenvalue weighted by Crippen LogP contribution is -2.43. The SMILES string of the molecule is CN1CCN(Cc2cccc(CNC(=O)CCNS(=O)(=O)c3ccc(F)c(F)c3)c2)CC1. The van der Waals surface area contributed by atoms with Crippen molar-refractivity contribution in [3.8, 4) is 0 Å². The van der Waals surface area contributed by atoms with Crippen LogP contribution in [0.1, 0.15) is 17.5 Å². The molecule has 2 N–H and O–H groups in total. The summed E-state index contributed by atoms with van der Waals surface area (Å²) in [5, 5.41) is 2.77. The fraction of sp³-hybridized carbons (Fsp3) is 0.409. The first-order valence-corrected chi connectivity index (χ1v) is 11.9. The summed E-state index contributed by atoms with van der Waals surface area (Å²) in [6.07, 6.45) is -0.0795. The predicted octanol–water partition coefficient (Wildman–Crippen LogP) is 1.70. The topological polar surface area (TPSA) is 81.8 Å². The molecule has 1 fully saturated rings. The standard InChI is InChI=1S/C22H28F2N4O3S/c1-27-9-11-28(12-10-27)16-18-4-2-3-17(13-18)15-25-22(29)7-8-26-32(30,31)19-5-6-20(23)21(24)14-19/h2-6,13-14,26H,7-12,15-16H2,1H3,(H,25,29). The molecule has 1 aliphatic rings. The van der Waals surface area contributed by atoms with Gasteiger partial charge in [-0.1, -0.05) is 24.3 Å². The molecule has 0 spiro atoms. The minimum absolute atomic E-state index is 0.0795. The van der Waals surface area contributed by atoms with Crippen LogP contribution < -0.4 is 10.0 Å². The molecule has 7 nitrogen and oxygen atoms in total. The fourth-order valence-corrected chi connectivity index (χ4v) is 4.46. The number of likely N-dealkylation sites (N-methyl/N-ethyl adjacent to an activating group) is 1. The molecule has 2 aromatic carbocycles. The van der Waals surface area contributed by atoms with Crippen molar-refractivity contribution in [2.45, 2.75) is 24.4 Å². The average molecular weight is 467 g/mol. The van der Waals surface area contributed by atoms with E-state index >= 15 is 0 Å². The molecular formula is C22H28F2N4O3S. The summed E-state index contributed by atoms with van der Waals surface area (Å²) in [6.45, 7) is 5.20. The third kappa shape index (κ3) is 7.06. The van der Waals surface area contributed by atoms with Crippen molar-refractivity contribution in [1.29, 1.82) is 0 Å². The van der Waals surface area contributed by atoms with Crippen molar-refractivity contribution < 1.29 is 22.0 Å². The van der Waals surface area contributed by atoms with Gasteiger partial charge < -0.3 is 10.2 Å². The van der Waals surface area contributed by atoms with Crippen LogP contribution in [0.25, 0.3) is 0 Å². The second-order valence-electron chi connectivity index (χ2n) is 7.90. The molecule has 32 heavy (non-hydrogen) atoms. The summed E-state index contributed by atoms with van der Waals surface area (Å²) in [6, 6.07) is 10.3. The van der Waals surface area contributed by atoms with E-state index in [-0.39, 0.29) is 18.9 Å². The first kappa shape index (κ1) is 24.2. The first-order chi connectivity index (χ1) is 15.2. The molecule has 0 aromatic heterocycles. The molecule has 0 aliphatic carbocycles. The summed E-state index contributed by atoms with van der Waals surface area (Å²) < 4.78 is 52.7. The van der Waals surface area contributed by atoms with Crippen LogP contribution in [0.3, 0.4) is 0 Å². The van der Waals surface area contributed by atoms with Gasteiger partial charge in [-0.25, -0.2) is 21.9 Å². The van der Waals surface area contributed by atoms with E-state index in [0.717, 1.165) is 50.4 Å². The molecule has 174 valence electrons. The largest absolute Gasteiger partial charge is 0.352 e. The summed E-state index contributed by atoms with van der Waals surface area (Å²) in [7, 11) is -1.91. The summed E-state index contributed by atoms with van der Waals surface area (Å²) >= 11 is 0. The van der Waals surface area contributed by atoms with E-state index < -0.39 is 26.6 Å². The number of nitrogens with zero attached hydrogens (tertiary/aromatic N) is 2. The van der Waals surface area contributed by atoms with E-state index in [9.17, 15) is 22.0 Å². The van der Waals surface area contributed by atoms with E-state index in [1.54, 1.807) is 0 Å². The number of sulfonamides is 1. The highest BCUT2D eigenvalue weighted by atomic mass is 32.2. The molecule has 3 rings (SSSR count). The first-order valence-electron chi connectivity index (χ1n) is 10.4. The van der Waals surface area contributed by atoms with Gasteiger partial charge in [0.05, 0.1) is 4.90 Å². The van der Waals surface area contributed by atoms with Gasteiger partial charge in [0.2, 0.25) is 15.9 Å². The molecule has 1 saturated heterocycles. The van der Waals surface area contributed by atoms with Gasteiger partial charge in [0.25, 0.3) is 0 Å². The van der Waals surface area contributed by atoms with Crippen LogP contribution in [0, 0.1) is 11.6 Å². The van der Waals surface area contributed by atoms with Crippen LogP contribution >= 0.6 is 0 Å². The Morgan fingerprint density at radius 1 is 1.00 bits per heavy atom. The Bertz CT molecular complexity index is 1040. The molecule has 1 amide bonds. The second kappa shape index (κ2) is 11.0. The van der Waals surface area contributed by atoms with Crippen LogP contribution in [0.2, 0.25) is 0 Å². The van der Waals surface area contributed by atoms with E-state index in [1.807, 2.05) is 12.1 Å². The smallest absolute Gasteiger partial charge is 0.240 e. The Morgan fingerprint density at radius 2 is 1.72 bits per heavy atom. The minimum Gasteiger partial charge on any atom is -0.352 e. The molecule has 0 unspecified atom stereocenters.